The van der Waals surface area contributed by atoms with Gasteiger partial charge in [0.2, 0.25) is 0 Å². The number of hydrogen-bond donors (Lipinski definition) is 1. The van der Waals surface area contributed by atoms with Gasteiger partial charge in [-0.2, -0.15) is 10.2 Å². The van der Waals surface area contributed by atoms with Crippen LogP contribution in [0.1, 0.15) is 55.3 Å². The largest absolute Gasteiger partial charge is 0.390 e. The molecular weight excluding hydrogens is 457 g/mol. The molecule has 0 amide bonds. The Balaban J connectivity index is 1.54. The summed E-state index contributed by atoms with van der Waals surface area (Å²) in [4.78, 5) is 8.69. The quantitative estimate of drug-likeness (QED) is 0.472. The minimum atomic E-state index is -0.902. The summed E-state index contributed by atoms with van der Waals surface area (Å²) < 4.78 is 45.7. The molecule has 1 N–H and O–H groups in total. The first kappa shape index (κ1) is 21.8. The van der Waals surface area contributed by atoms with Crippen molar-refractivity contribution in [1.82, 2.24) is 29.9 Å². The Bertz CT molecular complexity index is 1470. The number of aromatic nitrogens is 6. The third kappa shape index (κ3) is 2.86. The van der Waals surface area contributed by atoms with Crippen LogP contribution < -0.4 is 0 Å². The van der Waals surface area contributed by atoms with Gasteiger partial charge in [0.1, 0.15) is 11.6 Å². The molecule has 1 fully saturated rings. The average molecular weight is 478 g/mol. The lowest BCUT2D eigenvalue weighted by Crippen LogP contribution is -2.39. The van der Waals surface area contributed by atoms with Crippen LogP contribution in [0.2, 0.25) is 0 Å². The first-order chi connectivity index (χ1) is 16.8. The SMILES string of the molecule is CC1(C)[C@H]2CC[C@]1(c1nc(-n3ccc(CO)n3)ncc1F)c1nnc(-c3c(F)cccc3F)cc12. The van der Waals surface area contributed by atoms with E-state index in [9.17, 15) is 13.9 Å². The topological polar surface area (TPSA) is 89.6 Å². The van der Waals surface area contributed by atoms with Crippen LogP contribution in [0.5, 0.6) is 0 Å². The standard InChI is InChI=1S/C25H21F3N6O/c1-24(2)15-6-8-25(24,22-18(28)11-29-23(30-22)34-9-7-13(12-35)33-34)21-14(15)10-19(31-32-21)20-16(26)4-3-5-17(20)27/h3-5,7,9-11,15,35H,6,8,12H2,1-2H3/t15-,25+/m0/s1. The number of aliphatic hydroxyl groups is 1. The molecule has 1 saturated carbocycles. The summed E-state index contributed by atoms with van der Waals surface area (Å²) in [5.41, 5.74) is 0.470. The van der Waals surface area contributed by atoms with E-state index in [0.717, 1.165) is 18.2 Å². The van der Waals surface area contributed by atoms with Crippen molar-refractivity contribution in [2.24, 2.45) is 5.41 Å². The minimum Gasteiger partial charge on any atom is -0.390 e. The van der Waals surface area contributed by atoms with Crippen LogP contribution in [0.25, 0.3) is 17.2 Å². The highest BCUT2D eigenvalue weighted by Gasteiger charge is 2.66. The molecule has 0 saturated heterocycles. The van der Waals surface area contributed by atoms with Crippen LogP contribution in [0.15, 0.2) is 42.7 Å². The maximum absolute atomic E-state index is 15.4. The summed E-state index contributed by atoms with van der Waals surface area (Å²) in [5.74, 6) is -1.86. The second kappa shape index (κ2) is 7.42. The number of nitrogens with zero attached hydrogens (tertiary/aromatic N) is 6. The number of rotatable bonds is 4. The Morgan fingerprint density at radius 2 is 1.83 bits per heavy atom. The second-order valence-corrected chi connectivity index (χ2v) is 9.62. The number of aliphatic hydroxyl groups excluding tert-OH is 1. The van der Waals surface area contributed by atoms with Crippen LogP contribution in [0, 0.1) is 22.9 Å². The Labute approximate surface area is 198 Å². The highest BCUT2D eigenvalue weighted by atomic mass is 19.1. The fourth-order valence-electron chi connectivity index (χ4n) is 6.04. The second-order valence-electron chi connectivity index (χ2n) is 9.62. The molecule has 178 valence electrons. The van der Waals surface area contributed by atoms with Crippen molar-refractivity contribution >= 4 is 0 Å². The molecule has 0 unspecified atom stereocenters. The lowest BCUT2D eigenvalue weighted by atomic mass is 9.66. The molecule has 2 aliphatic carbocycles. The number of fused-ring (bicyclic) bond motifs is 5. The first-order valence-electron chi connectivity index (χ1n) is 11.3. The molecule has 3 aromatic heterocycles. The van der Waals surface area contributed by atoms with E-state index < -0.39 is 28.3 Å². The summed E-state index contributed by atoms with van der Waals surface area (Å²) in [7, 11) is 0. The van der Waals surface area contributed by atoms with Gasteiger partial charge in [0.25, 0.3) is 5.95 Å². The van der Waals surface area contributed by atoms with E-state index in [0.29, 0.717) is 17.8 Å². The number of hydrogen-bond acceptors (Lipinski definition) is 6. The van der Waals surface area contributed by atoms with Gasteiger partial charge >= 0.3 is 0 Å². The van der Waals surface area contributed by atoms with Gasteiger partial charge in [0.05, 0.1) is 46.6 Å². The fourth-order valence-corrected chi connectivity index (χ4v) is 6.04. The molecule has 2 bridgehead atoms. The van der Waals surface area contributed by atoms with Gasteiger partial charge in [-0.05, 0) is 54.0 Å². The van der Waals surface area contributed by atoms with E-state index in [2.05, 4.69) is 25.3 Å². The van der Waals surface area contributed by atoms with Crippen LogP contribution in [0.3, 0.4) is 0 Å². The van der Waals surface area contributed by atoms with E-state index in [1.54, 1.807) is 18.3 Å². The maximum atomic E-state index is 15.4. The molecule has 0 aliphatic heterocycles. The van der Waals surface area contributed by atoms with Crippen LogP contribution >= 0.6 is 0 Å². The van der Waals surface area contributed by atoms with Gasteiger partial charge in [0.15, 0.2) is 5.82 Å². The number of benzene rings is 1. The van der Waals surface area contributed by atoms with Gasteiger partial charge in [-0.25, -0.2) is 27.8 Å². The highest BCUT2D eigenvalue weighted by Crippen LogP contribution is 2.69. The molecule has 2 atom stereocenters. The number of halogens is 3. The molecule has 1 aromatic carbocycles. The maximum Gasteiger partial charge on any atom is 0.250 e. The van der Waals surface area contributed by atoms with E-state index in [1.165, 1.54) is 22.9 Å². The van der Waals surface area contributed by atoms with E-state index in [4.69, 9.17) is 0 Å². The Kier molecular flexibility index (Phi) is 4.63. The monoisotopic (exact) mass is 478 g/mol. The van der Waals surface area contributed by atoms with Crippen molar-refractivity contribution in [1.29, 1.82) is 0 Å². The van der Waals surface area contributed by atoms with E-state index in [-0.39, 0.29) is 35.4 Å². The van der Waals surface area contributed by atoms with Gasteiger partial charge < -0.3 is 5.11 Å². The highest BCUT2D eigenvalue weighted by molar-refractivity contribution is 5.64. The zero-order valence-corrected chi connectivity index (χ0v) is 19.0. The van der Waals surface area contributed by atoms with Crippen molar-refractivity contribution in [3.8, 4) is 17.2 Å². The van der Waals surface area contributed by atoms with Crippen LogP contribution in [-0.4, -0.2) is 35.1 Å². The Morgan fingerprint density at radius 3 is 2.54 bits per heavy atom. The molecular formula is C25H21F3N6O. The molecule has 4 aromatic rings. The third-order valence-corrected chi connectivity index (χ3v) is 7.75. The lowest BCUT2D eigenvalue weighted by Gasteiger charge is -2.37. The molecule has 35 heavy (non-hydrogen) atoms. The summed E-state index contributed by atoms with van der Waals surface area (Å²) in [5, 5.41) is 22.2. The molecule has 0 radical (unpaired) electrons. The molecule has 7 nitrogen and oxygen atoms in total. The summed E-state index contributed by atoms with van der Waals surface area (Å²) in [6, 6.07) is 6.96. The molecule has 3 heterocycles. The van der Waals surface area contributed by atoms with Crippen molar-refractivity contribution in [3.05, 3.63) is 82.8 Å². The van der Waals surface area contributed by atoms with Crippen molar-refractivity contribution < 1.29 is 18.3 Å². The first-order valence-corrected chi connectivity index (χ1v) is 11.3. The van der Waals surface area contributed by atoms with Crippen molar-refractivity contribution in [3.63, 3.8) is 0 Å². The minimum absolute atomic E-state index is 0.0231. The van der Waals surface area contributed by atoms with Gasteiger partial charge in [-0.3, -0.25) is 0 Å². The van der Waals surface area contributed by atoms with Crippen LogP contribution in [-0.2, 0) is 12.0 Å². The predicted molar refractivity (Wildman–Crippen MR) is 119 cm³/mol. The molecule has 0 spiro atoms. The fraction of sp³-hybridized carbons (Fsp3) is 0.320. The van der Waals surface area contributed by atoms with Crippen molar-refractivity contribution in [2.45, 2.75) is 44.6 Å². The van der Waals surface area contributed by atoms with Gasteiger partial charge in [0, 0.05) is 6.20 Å². The Hall–Kier alpha value is -3.66. The van der Waals surface area contributed by atoms with Gasteiger partial charge in [-0.15, -0.1) is 5.10 Å². The molecule has 10 heteroatoms. The lowest BCUT2D eigenvalue weighted by molar-refractivity contribution is 0.235. The van der Waals surface area contributed by atoms with Crippen molar-refractivity contribution in [2.75, 3.05) is 0 Å². The zero-order chi connectivity index (χ0) is 24.5. The van der Waals surface area contributed by atoms with E-state index >= 15 is 4.39 Å². The zero-order valence-electron chi connectivity index (χ0n) is 19.0. The third-order valence-electron chi connectivity index (χ3n) is 7.75. The normalized spacial score (nSPS) is 21.9. The smallest absolute Gasteiger partial charge is 0.250 e. The predicted octanol–water partition coefficient (Wildman–Crippen LogP) is 4.23. The van der Waals surface area contributed by atoms with Gasteiger partial charge in [-0.1, -0.05) is 19.9 Å². The molecule has 6 rings (SSSR count). The average Bonchev–Trinajstić information content (AvgIpc) is 3.47. The Morgan fingerprint density at radius 1 is 1.06 bits per heavy atom. The van der Waals surface area contributed by atoms with E-state index in [1.807, 2.05) is 13.8 Å². The summed E-state index contributed by atoms with van der Waals surface area (Å²) >= 11 is 0. The molecule has 2 aliphatic rings. The summed E-state index contributed by atoms with van der Waals surface area (Å²) in [6.07, 6.45) is 4.04. The summed E-state index contributed by atoms with van der Waals surface area (Å²) in [6.45, 7) is 3.83. The van der Waals surface area contributed by atoms with Crippen LogP contribution in [0.4, 0.5) is 13.2 Å².